The molecule has 5 rings (SSSR count). The highest BCUT2D eigenvalue weighted by Crippen LogP contribution is 2.35. The number of morpholine rings is 1. The number of hydrogen-bond acceptors (Lipinski definition) is 7. The number of rotatable bonds is 4. The fourth-order valence-corrected chi connectivity index (χ4v) is 5.45. The SMILES string of the molecule is Cc1nnn(C)c1-c1cc(N2CCOC[C@H]2C)nc2c(-c3ccnn3PI)cnn12. The molecule has 30 heavy (non-hydrogen) atoms. The molecular weight excluding hydrogens is 516 g/mol. The molecule has 0 radical (unpaired) electrons. The van der Waals surface area contributed by atoms with Gasteiger partial charge in [-0.1, -0.05) is 5.21 Å². The summed E-state index contributed by atoms with van der Waals surface area (Å²) in [6.45, 7) is 6.29. The van der Waals surface area contributed by atoms with Crippen molar-refractivity contribution < 1.29 is 4.74 Å². The van der Waals surface area contributed by atoms with Gasteiger partial charge in [0.05, 0.1) is 54.5 Å². The molecule has 0 N–H and O–H groups in total. The summed E-state index contributed by atoms with van der Waals surface area (Å²) in [5.41, 5.74) is 5.42. The van der Waals surface area contributed by atoms with Crippen molar-refractivity contribution >= 4 is 39.9 Å². The standard InChI is InChI=1S/C18H21IN9OP/c1-11-10-29-7-6-26(11)16-8-15(17-12(2)23-24-25(17)3)27-18(22-16)13(9-21-27)14-4-5-20-28(14)30-19/h4-5,8-9,11,30H,6-7,10H2,1-3H3/t11-/m1/s1. The predicted molar refractivity (Wildman–Crippen MR) is 124 cm³/mol. The molecule has 1 saturated heterocycles. The molecule has 156 valence electrons. The smallest absolute Gasteiger partial charge is 0.167 e. The topological polar surface area (TPSA) is 91.2 Å². The summed E-state index contributed by atoms with van der Waals surface area (Å²) in [6, 6.07) is 4.32. The maximum atomic E-state index is 5.64. The first-order valence-corrected chi connectivity index (χ1v) is 13.7. The lowest BCUT2D eigenvalue weighted by Crippen LogP contribution is -2.44. The van der Waals surface area contributed by atoms with Crippen molar-refractivity contribution in [3.8, 4) is 22.6 Å². The van der Waals surface area contributed by atoms with E-state index in [1.54, 1.807) is 4.68 Å². The molecule has 0 saturated carbocycles. The number of aromatic nitrogens is 8. The third-order valence-electron chi connectivity index (χ3n) is 5.36. The van der Waals surface area contributed by atoms with Gasteiger partial charge in [-0.2, -0.15) is 10.2 Å². The zero-order valence-corrected chi connectivity index (χ0v) is 20.0. The van der Waals surface area contributed by atoms with E-state index in [-0.39, 0.29) is 6.04 Å². The molecule has 0 aromatic carbocycles. The van der Waals surface area contributed by atoms with E-state index < -0.39 is 0 Å². The molecule has 1 aliphatic heterocycles. The molecule has 0 spiro atoms. The van der Waals surface area contributed by atoms with Crippen molar-refractivity contribution in [2.75, 3.05) is 24.7 Å². The van der Waals surface area contributed by atoms with Crippen LogP contribution in [0.15, 0.2) is 24.5 Å². The summed E-state index contributed by atoms with van der Waals surface area (Å²) in [5.74, 6) is 0.902. The number of nitrogens with zero attached hydrogens (tertiary/aromatic N) is 9. The van der Waals surface area contributed by atoms with Gasteiger partial charge >= 0.3 is 0 Å². The van der Waals surface area contributed by atoms with Gasteiger partial charge in [0.1, 0.15) is 11.5 Å². The van der Waals surface area contributed by atoms with Crippen LogP contribution in [-0.4, -0.2) is 64.9 Å². The number of anilines is 1. The van der Waals surface area contributed by atoms with Crippen LogP contribution in [0.3, 0.4) is 0 Å². The van der Waals surface area contributed by atoms with E-state index in [1.165, 1.54) is 0 Å². The summed E-state index contributed by atoms with van der Waals surface area (Å²) < 4.78 is 11.3. The quantitative estimate of drug-likeness (QED) is 0.292. The highest BCUT2D eigenvalue weighted by atomic mass is 127. The van der Waals surface area contributed by atoms with Crippen LogP contribution in [0.2, 0.25) is 0 Å². The summed E-state index contributed by atoms with van der Waals surface area (Å²) >= 11 is 2.33. The lowest BCUT2D eigenvalue weighted by Gasteiger charge is -2.34. The van der Waals surface area contributed by atoms with Crippen LogP contribution in [0.4, 0.5) is 5.82 Å². The first-order chi connectivity index (χ1) is 14.6. The third kappa shape index (κ3) is 3.19. The van der Waals surface area contributed by atoms with Crippen LogP contribution in [0, 0.1) is 6.92 Å². The zero-order chi connectivity index (χ0) is 20.8. The van der Waals surface area contributed by atoms with Gasteiger partial charge in [0.15, 0.2) is 5.65 Å². The van der Waals surface area contributed by atoms with E-state index in [9.17, 15) is 0 Å². The minimum atomic E-state index is 0.236. The van der Waals surface area contributed by atoms with Crippen LogP contribution in [0.5, 0.6) is 0 Å². The van der Waals surface area contributed by atoms with Crippen LogP contribution < -0.4 is 4.90 Å². The van der Waals surface area contributed by atoms with Crippen molar-refractivity contribution in [2.24, 2.45) is 7.05 Å². The molecule has 5 heterocycles. The van der Waals surface area contributed by atoms with Gasteiger partial charge < -0.3 is 9.64 Å². The van der Waals surface area contributed by atoms with Gasteiger partial charge in [0.25, 0.3) is 0 Å². The second-order valence-electron chi connectivity index (χ2n) is 7.27. The van der Waals surface area contributed by atoms with Gasteiger partial charge in [0, 0.05) is 25.9 Å². The van der Waals surface area contributed by atoms with Gasteiger partial charge in [0.2, 0.25) is 0 Å². The Kier molecular flexibility index (Phi) is 5.19. The van der Waals surface area contributed by atoms with E-state index in [0.29, 0.717) is 19.6 Å². The Labute approximate surface area is 187 Å². The molecule has 1 unspecified atom stereocenters. The number of aryl methyl sites for hydroxylation is 2. The van der Waals surface area contributed by atoms with E-state index in [1.807, 2.05) is 41.4 Å². The maximum absolute atomic E-state index is 5.64. The molecule has 0 amide bonds. The molecule has 10 nitrogen and oxygen atoms in total. The van der Waals surface area contributed by atoms with Gasteiger partial charge in [-0.25, -0.2) is 18.6 Å². The highest BCUT2D eigenvalue weighted by molar-refractivity contribution is 14.2. The Balaban J connectivity index is 1.78. The average Bonchev–Trinajstić information content (AvgIpc) is 3.46. The molecule has 4 aromatic heterocycles. The van der Waals surface area contributed by atoms with Crippen molar-refractivity contribution in [2.45, 2.75) is 19.9 Å². The number of hydrogen-bond donors (Lipinski definition) is 0. The Bertz CT molecular complexity index is 1200. The van der Waals surface area contributed by atoms with Crippen molar-refractivity contribution in [1.29, 1.82) is 0 Å². The lowest BCUT2D eigenvalue weighted by molar-refractivity contribution is 0.0985. The Hall–Kier alpha value is -2.11. The van der Waals surface area contributed by atoms with Crippen LogP contribution in [0.1, 0.15) is 12.6 Å². The van der Waals surface area contributed by atoms with Gasteiger partial charge in [-0.3, -0.25) is 0 Å². The molecule has 1 fully saturated rings. The van der Waals surface area contributed by atoms with E-state index in [2.05, 4.69) is 55.3 Å². The molecule has 0 bridgehead atoms. The lowest BCUT2D eigenvalue weighted by atomic mass is 10.2. The third-order valence-corrected chi connectivity index (χ3v) is 7.24. The summed E-state index contributed by atoms with van der Waals surface area (Å²) in [4.78, 5) is 7.34. The summed E-state index contributed by atoms with van der Waals surface area (Å²) in [6.07, 6.45) is 4.17. The summed E-state index contributed by atoms with van der Waals surface area (Å²) in [7, 11) is 1.90. The molecule has 1 aliphatic rings. The molecule has 12 heteroatoms. The van der Waals surface area contributed by atoms with Crippen LogP contribution in [0.25, 0.3) is 28.3 Å². The van der Waals surface area contributed by atoms with E-state index in [0.717, 1.165) is 46.3 Å². The minimum Gasteiger partial charge on any atom is -0.377 e. The van der Waals surface area contributed by atoms with Crippen LogP contribution in [-0.2, 0) is 11.8 Å². The molecule has 2 atom stereocenters. The fourth-order valence-electron chi connectivity index (χ4n) is 3.90. The number of ether oxygens (including phenoxy) is 1. The Morgan fingerprint density at radius 1 is 1.27 bits per heavy atom. The van der Waals surface area contributed by atoms with E-state index >= 15 is 0 Å². The molecule has 4 aromatic rings. The molecule has 0 aliphatic carbocycles. The summed E-state index contributed by atoms with van der Waals surface area (Å²) in [5, 5.41) is 17.6. The van der Waals surface area contributed by atoms with Crippen LogP contribution >= 0.6 is 28.4 Å². The second kappa shape index (κ2) is 7.86. The zero-order valence-electron chi connectivity index (χ0n) is 16.8. The van der Waals surface area contributed by atoms with Crippen molar-refractivity contribution in [3.05, 3.63) is 30.2 Å². The average molecular weight is 537 g/mol. The first-order valence-electron chi connectivity index (χ1n) is 9.59. The Morgan fingerprint density at radius 2 is 2.13 bits per heavy atom. The van der Waals surface area contributed by atoms with Gasteiger partial charge in [-0.05, 0) is 42.0 Å². The predicted octanol–water partition coefficient (Wildman–Crippen LogP) is 2.71. The highest BCUT2D eigenvalue weighted by Gasteiger charge is 2.25. The monoisotopic (exact) mass is 537 g/mol. The number of fused-ring (bicyclic) bond motifs is 1. The van der Waals surface area contributed by atoms with Crippen molar-refractivity contribution in [1.82, 2.24) is 39.1 Å². The van der Waals surface area contributed by atoms with E-state index in [4.69, 9.17) is 14.8 Å². The largest absolute Gasteiger partial charge is 0.377 e. The number of halogens is 1. The molecular formula is C18H21IN9OP. The van der Waals surface area contributed by atoms with Crippen molar-refractivity contribution in [3.63, 3.8) is 0 Å². The fraction of sp³-hybridized carbons (Fsp3) is 0.389. The second-order valence-corrected chi connectivity index (χ2v) is 9.31. The maximum Gasteiger partial charge on any atom is 0.167 e. The normalized spacial score (nSPS) is 17.6. The van der Waals surface area contributed by atoms with Gasteiger partial charge in [-0.15, -0.1) is 5.10 Å². The minimum absolute atomic E-state index is 0.236. The first kappa shape index (κ1) is 19.8. The Morgan fingerprint density at radius 3 is 2.87 bits per heavy atom.